The summed E-state index contributed by atoms with van der Waals surface area (Å²) in [6, 6.07) is 6.05. The minimum atomic E-state index is -0.323. The smallest absolute Gasteiger partial charge is 0.292 e. The van der Waals surface area contributed by atoms with E-state index in [0.717, 1.165) is 0 Å². The van der Waals surface area contributed by atoms with Gasteiger partial charge < -0.3 is 33.5 Å². The number of carbonyl (C=O) groups excluding carboxylic acids is 1. The summed E-state index contributed by atoms with van der Waals surface area (Å²) in [6.07, 6.45) is 3.51. The average Bonchev–Trinajstić information content (AvgIpc) is 2.79. The van der Waals surface area contributed by atoms with Crippen LogP contribution in [0, 0.1) is 11.5 Å². The Bertz CT molecular complexity index is 930. The van der Waals surface area contributed by atoms with Gasteiger partial charge in [0.05, 0.1) is 46.8 Å². The van der Waals surface area contributed by atoms with Gasteiger partial charge in [0.25, 0.3) is 6.26 Å². The van der Waals surface area contributed by atoms with Crippen molar-refractivity contribution in [3.8, 4) is 40.8 Å². The number of nitriles is 1. The Kier molecular flexibility index (Phi) is 8.98. The summed E-state index contributed by atoms with van der Waals surface area (Å²) in [6.45, 7) is 0.186. The van der Waals surface area contributed by atoms with E-state index in [1.54, 1.807) is 6.26 Å². The standard InChI is InChI=1S/C21H22N2O8/c1-26-17-8-15(23-13-25)7-14(11-24)20(17)29-5-4-6-30-21-18(27-2)9-16(31-12-22)10-19(21)28-3/h7-10,24H,4-6,11H2,1-3H3. The highest BCUT2D eigenvalue weighted by molar-refractivity contribution is 5.59. The molecule has 164 valence electrons. The van der Waals surface area contributed by atoms with Crippen molar-refractivity contribution < 1.29 is 38.3 Å². The SMILES string of the molecule is COc1cc(N=C=O)cc(CO)c1OCCCOc1c(OC)cc(OC#N)cc1OC. The van der Waals surface area contributed by atoms with Gasteiger partial charge in [0.1, 0.15) is 5.75 Å². The van der Waals surface area contributed by atoms with Crippen LogP contribution >= 0.6 is 0 Å². The Labute approximate surface area is 179 Å². The monoisotopic (exact) mass is 430 g/mol. The molecule has 0 spiro atoms. The van der Waals surface area contributed by atoms with Gasteiger partial charge in [-0.3, -0.25) is 0 Å². The lowest BCUT2D eigenvalue weighted by Crippen LogP contribution is -2.08. The molecule has 2 aromatic carbocycles. The summed E-state index contributed by atoms with van der Waals surface area (Å²) >= 11 is 0. The van der Waals surface area contributed by atoms with Crippen molar-refractivity contribution in [3.05, 3.63) is 29.8 Å². The van der Waals surface area contributed by atoms with Crippen LogP contribution < -0.4 is 28.4 Å². The van der Waals surface area contributed by atoms with E-state index in [1.165, 1.54) is 51.7 Å². The number of ether oxygens (including phenoxy) is 6. The van der Waals surface area contributed by atoms with E-state index in [1.807, 2.05) is 0 Å². The molecular formula is C21H22N2O8. The second kappa shape index (κ2) is 11.9. The summed E-state index contributed by atoms with van der Waals surface area (Å²) < 4.78 is 32.2. The van der Waals surface area contributed by atoms with Crippen molar-refractivity contribution in [1.82, 2.24) is 0 Å². The maximum Gasteiger partial charge on any atom is 0.292 e. The van der Waals surface area contributed by atoms with Gasteiger partial charge in [-0.25, -0.2) is 4.79 Å². The van der Waals surface area contributed by atoms with E-state index in [4.69, 9.17) is 33.7 Å². The molecule has 10 heteroatoms. The van der Waals surface area contributed by atoms with Crippen LogP contribution in [0.25, 0.3) is 0 Å². The van der Waals surface area contributed by atoms with Gasteiger partial charge in [0, 0.05) is 30.2 Å². The number of aliphatic imine (C=N–C) groups is 1. The second-order valence-corrected chi connectivity index (χ2v) is 5.90. The van der Waals surface area contributed by atoms with E-state index in [9.17, 15) is 9.90 Å². The van der Waals surface area contributed by atoms with E-state index in [-0.39, 0.29) is 25.6 Å². The second-order valence-electron chi connectivity index (χ2n) is 5.90. The maximum absolute atomic E-state index is 10.5. The van der Waals surface area contributed by atoms with E-state index in [2.05, 4.69) is 4.99 Å². The van der Waals surface area contributed by atoms with Crippen LogP contribution in [0.3, 0.4) is 0 Å². The van der Waals surface area contributed by atoms with Crippen LogP contribution in [0.2, 0.25) is 0 Å². The molecule has 2 aromatic rings. The highest BCUT2D eigenvalue weighted by Gasteiger charge is 2.16. The van der Waals surface area contributed by atoms with Crippen molar-refractivity contribution in [2.75, 3.05) is 34.5 Å². The molecule has 0 aromatic heterocycles. The number of isocyanates is 1. The fraction of sp³-hybridized carbons (Fsp3) is 0.333. The van der Waals surface area contributed by atoms with Crippen LogP contribution in [0.1, 0.15) is 12.0 Å². The van der Waals surface area contributed by atoms with Gasteiger partial charge in [-0.2, -0.15) is 4.99 Å². The highest BCUT2D eigenvalue weighted by Crippen LogP contribution is 2.41. The molecule has 10 nitrogen and oxygen atoms in total. The molecule has 2 rings (SSSR count). The Hall–Kier alpha value is -3.93. The van der Waals surface area contributed by atoms with Gasteiger partial charge in [-0.1, -0.05) is 0 Å². The Balaban J connectivity index is 2.04. The number of aliphatic hydroxyl groups excluding tert-OH is 1. The van der Waals surface area contributed by atoms with Crippen LogP contribution in [0.5, 0.6) is 34.5 Å². The number of methoxy groups -OCH3 is 3. The number of rotatable bonds is 12. The minimum Gasteiger partial charge on any atom is -0.493 e. The van der Waals surface area contributed by atoms with Crippen molar-refractivity contribution in [1.29, 1.82) is 5.26 Å². The number of aliphatic hydroxyl groups is 1. The molecule has 0 aliphatic carbocycles. The van der Waals surface area contributed by atoms with Crippen molar-refractivity contribution >= 4 is 11.8 Å². The molecule has 0 aliphatic rings. The summed E-state index contributed by atoms with van der Waals surface area (Å²) in [5.74, 6) is 2.00. The normalized spacial score (nSPS) is 9.77. The summed E-state index contributed by atoms with van der Waals surface area (Å²) in [4.78, 5) is 14.0. The topological polar surface area (TPSA) is 129 Å². The molecule has 0 saturated carbocycles. The van der Waals surface area contributed by atoms with Crippen LogP contribution in [0.15, 0.2) is 29.3 Å². The van der Waals surface area contributed by atoms with Gasteiger partial charge in [-0.15, -0.1) is 5.26 Å². The number of benzene rings is 2. The average molecular weight is 430 g/mol. The number of nitrogens with zero attached hydrogens (tertiary/aromatic N) is 2. The Morgan fingerprint density at radius 1 is 0.935 bits per heavy atom. The van der Waals surface area contributed by atoms with E-state index >= 15 is 0 Å². The summed E-state index contributed by atoms with van der Waals surface area (Å²) in [5.41, 5.74) is 0.722. The molecule has 0 heterocycles. The minimum absolute atomic E-state index is 0.250. The predicted molar refractivity (Wildman–Crippen MR) is 108 cm³/mol. The molecule has 1 N–H and O–H groups in total. The fourth-order valence-corrected chi connectivity index (χ4v) is 2.71. The van der Waals surface area contributed by atoms with Crippen molar-refractivity contribution in [2.24, 2.45) is 4.99 Å². The lowest BCUT2D eigenvalue weighted by molar-refractivity contribution is 0.220. The molecular weight excluding hydrogens is 408 g/mol. The predicted octanol–water partition coefficient (Wildman–Crippen LogP) is 2.88. The molecule has 0 aliphatic heterocycles. The van der Waals surface area contributed by atoms with Gasteiger partial charge >= 0.3 is 0 Å². The first kappa shape index (κ1) is 23.3. The van der Waals surface area contributed by atoms with E-state index in [0.29, 0.717) is 46.4 Å². The number of hydrogen-bond acceptors (Lipinski definition) is 10. The molecule has 0 amide bonds. The molecule has 0 unspecified atom stereocenters. The molecule has 31 heavy (non-hydrogen) atoms. The fourth-order valence-electron chi connectivity index (χ4n) is 2.71. The first-order valence-electron chi connectivity index (χ1n) is 9.09. The van der Waals surface area contributed by atoms with Gasteiger partial charge in [0.15, 0.2) is 23.0 Å². The third-order valence-electron chi connectivity index (χ3n) is 4.06. The Morgan fingerprint density at radius 3 is 2.03 bits per heavy atom. The largest absolute Gasteiger partial charge is 0.493 e. The quantitative estimate of drug-likeness (QED) is 0.234. The van der Waals surface area contributed by atoms with Crippen molar-refractivity contribution in [3.63, 3.8) is 0 Å². The Morgan fingerprint density at radius 2 is 1.52 bits per heavy atom. The molecule has 0 atom stereocenters. The van der Waals surface area contributed by atoms with Crippen LogP contribution in [0.4, 0.5) is 5.69 Å². The zero-order chi connectivity index (χ0) is 22.6. The summed E-state index contributed by atoms with van der Waals surface area (Å²) in [5, 5.41) is 18.3. The third kappa shape index (κ3) is 6.02. The lowest BCUT2D eigenvalue weighted by atomic mass is 10.1. The molecule has 0 radical (unpaired) electrons. The van der Waals surface area contributed by atoms with E-state index < -0.39 is 0 Å². The molecule has 0 saturated heterocycles. The summed E-state index contributed by atoms with van der Waals surface area (Å²) in [7, 11) is 4.36. The zero-order valence-corrected chi connectivity index (χ0v) is 17.3. The van der Waals surface area contributed by atoms with Crippen LogP contribution in [-0.2, 0) is 11.4 Å². The lowest BCUT2D eigenvalue weighted by Gasteiger charge is -2.16. The number of hydrogen-bond donors (Lipinski definition) is 1. The third-order valence-corrected chi connectivity index (χ3v) is 4.06. The molecule has 0 fully saturated rings. The first-order chi connectivity index (χ1) is 15.1. The van der Waals surface area contributed by atoms with Gasteiger partial charge in [0.2, 0.25) is 11.8 Å². The maximum atomic E-state index is 10.5. The van der Waals surface area contributed by atoms with Gasteiger partial charge in [-0.05, 0) is 6.07 Å². The van der Waals surface area contributed by atoms with Crippen LogP contribution in [-0.4, -0.2) is 45.7 Å². The zero-order valence-electron chi connectivity index (χ0n) is 17.3. The first-order valence-corrected chi connectivity index (χ1v) is 9.09. The molecule has 0 bridgehead atoms. The highest BCUT2D eigenvalue weighted by atomic mass is 16.5. The van der Waals surface area contributed by atoms with Crippen molar-refractivity contribution in [2.45, 2.75) is 13.0 Å².